The number of carbonyl (C=O) groups excluding carboxylic acids is 1. The minimum Gasteiger partial charge on any atom is -0.495 e. The fourth-order valence-corrected chi connectivity index (χ4v) is 6.25. The van der Waals surface area contributed by atoms with Crippen LogP contribution in [0.2, 0.25) is 0 Å². The largest absolute Gasteiger partial charge is 0.495 e. The van der Waals surface area contributed by atoms with Gasteiger partial charge in [-0.3, -0.25) is 9.78 Å². The number of aromatic nitrogens is 2. The maximum absolute atomic E-state index is 13.7. The van der Waals surface area contributed by atoms with E-state index in [0.29, 0.717) is 22.2 Å². The number of carbonyl (C=O) groups is 1. The van der Waals surface area contributed by atoms with Crippen molar-refractivity contribution in [1.29, 1.82) is 0 Å². The maximum atomic E-state index is 13.7. The Morgan fingerprint density at radius 1 is 1.23 bits per heavy atom. The molecule has 0 bridgehead atoms. The van der Waals surface area contributed by atoms with Gasteiger partial charge >= 0.3 is 0 Å². The van der Waals surface area contributed by atoms with Crippen LogP contribution in [-0.2, 0) is 20.0 Å². The van der Waals surface area contributed by atoms with E-state index >= 15 is 0 Å². The lowest BCUT2D eigenvalue weighted by Crippen LogP contribution is -2.35. The zero-order valence-electron chi connectivity index (χ0n) is 17.4. The van der Waals surface area contributed by atoms with Crippen molar-refractivity contribution in [1.82, 2.24) is 9.97 Å². The Morgan fingerprint density at radius 2 is 2.00 bits per heavy atom. The molecule has 0 spiro atoms. The van der Waals surface area contributed by atoms with Crippen molar-refractivity contribution in [2.45, 2.75) is 41.9 Å². The van der Waals surface area contributed by atoms with Crippen molar-refractivity contribution in [2.24, 2.45) is 5.73 Å². The van der Waals surface area contributed by atoms with Crippen LogP contribution in [0.15, 0.2) is 53.7 Å². The fourth-order valence-electron chi connectivity index (χ4n) is 3.94. The summed E-state index contributed by atoms with van der Waals surface area (Å²) in [6.07, 6.45) is 2.85. The van der Waals surface area contributed by atoms with E-state index in [0.717, 1.165) is 0 Å². The summed E-state index contributed by atoms with van der Waals surface area (Å²) in [6.45, 7) is 3.63. The number of amides is 1. The Labute approximate surface area is 180 Å². The molecular formula is C22H23N3O5S. The smallest absolute Gasteiger partial charge is 0.229 e. The quantitative estimate of drug-likeness (QED) is 0.597. The molecule has 1 aliphatic carbocycles. The second-order valence-corrected chi connectivity index (χ2v) is 9.89. The van der Waals surface area contributed by atoms with Gasteiger partial charge in [0.2, 0.25) is 11.8 Å². The van der Waals surface area contributed by atoms with Gasteiger partial charge in [0.15, 0.2) is 9.84 Å². The van der Waals surface area contributed by atoms with Gasteiger partial charge in [0.1, 0.15) is 5.75 Å². The SMILES string of the molecule is COc1cnc(OC(C)C)c(C2(C(N)=O)CC2S(=O)(=O)c2cccc3ncccc23)c1. The van der Waals surface area contributed by atoms with E-state index < -0.39 is 26.4 Å². The molecular weight excluding hydrogens is 418 g/mol. The van der Waals surface area contributed by atoms with Gasteiger partial charge in [-0.15, -0.1) is 0 Å². The molecule has 1 saturated carbocycles. The van der Waals surface area contributed by atoms with Crippen LogP contribution in [0.3, 0.4) is 0 Å². The lowest BCUT2D eigenvalue weighted by Gasteiger charge is -2.20. The zero-order chi connectivity index (χ0) is 22.4. The third-order valence-corrected chi connectivity index (χ3v) is 7.80. The predicted octanol–water partition coefficient (Wildman–Crippen LogP) is 2.39. The van der Waals surface area contributed by atoms with Crippen LogP contribution in [0.4, 0.5) is 0 Å². The molecule has 1 aromatic carbocycles. The normalized spacial score (nSPS) is 20.6. The average molecular weight is 442 g/mol. The number of ether oxygens (including phenoxy) is 2. The topological polar surface area (TPSA) is 121 Å². The number of pyridine rings is 2. The highest BCUT2D eigenvalue weighted by Crippen LogP contribution is 2.57. The summed E-state index contributed by atoms with van der Waals surface area (Å²) in [5, 5.41) is -0.551. The minimum absolute atomic E-state index is 0.0324. The fraction of sp³-hybridized carbons (Fsp3) is 0.318. The highest BCUT2D eigenvalue weighted by atomic mass is 32.2. The van der Waals surface area contributed by atoms with Crippen molar-refractivity contribution in [3.05, 3.63) is 54.4 Å². The molecule has 162 valence electrons. The van der Waals surface area contributed by atoms with Gasteiger partial charge in [0.05, 0.1) is 40.5 Å². The summed E-state index contributed by atoms with van der Waals surface area (Å²) >= 11 is 0. The first-order valence-electron chi connectivity index (χ1n) is 9.80. The number of benzene rings is 1. The molecule has 0 aliphatic heterocycles. The highest BCUT2D eigenvalue weighted by Gasteiger charge is 2.68. The number of methoxy groups -OCH3 is 1. The second kappa shape index (κ2) is 7.49. The first kappa shape index (κ1) is 21.0. The van der Waals surface area contributed by atoms with Gasteiger partial charge in [0, 0.05) is 17.1 Å². The minimum atomic E-state index is -3.92. The predicted molar refractivity (Wildman–Crippen MR) is 115 cm³/mol. The number of rotatable bonds is 7. The van der Waals surface area contributed by atoms with Crippen LogP contribution in [0, 0.1) is 0 Å². The third-order valence-electron chi connectivity index (χ3n) is 5.51. The number of hydrogen-bond donors (Lipinski definition) is 1. The van der Waals surface area contributed by atoms with Gasteiger partial charge in [-0.05, 0) is 50.6 Å². The van der Waals surface area contributed by atoms with Gasteiger partial charge in [-0.25, -0.2) is 13.4 Å². The Hall–Kier alpha value is -3.20. The molecule has 8 nitrogen and oxygen atoms in total. The Bertz CT molecular complexity index is 1270. The van der Waals surface area contributed by atoms with Crippen molar-refractivity contribution in [2.75, 3.05) is 7.11 Å². The monoisotopic (exact) mass is 441 g/mol. The van der Waals surface area contributed by atoms with Gasteiger partial charge < -0.3 is 15.2 Å². The van der Waals surface area contributed by atoms with Crippen LogP contribution < -0.4 is 15.2 Å². The van der Waals surface area contributed by atoms with Gasteiger partial charge in [-0.1, -0.05) is 6.07 Å². The van der Waals surface area contributed by atoms with Gasteiger partial charge in [-0.2, -0.15) is 0 Å². The van der Waals surface area contributed by atoms with E-state index in [1.807, 2.05) is 13.8 Å². The molecule has 3 aromatic rings. The highest BCUT2D eigenvalue weighted by molar-refractivity contribution is 7.92. The van der Waals surface area contributed by atoms with Crippen molar-refractivity contribution < 1.29 is 22.7 Å². The molecule has 1 amide bonds. The molecule has 31 heavy (non-hydrogen) atoms. The zero-order valence-corrected chi connectivity index (χ0v) is 18.2. The molecule has 4 rings (SSSR count). The lowest BCUT2D eigenvalue weighted by molar-refractivity contribution is -0.120. The van der Waals surface area contributed by atoms with Crippen molar-refractivity contribution in [3.8, 4) is 11.6 Å². The summed E-state index contributed by atoms with van der Waals surface area (Å²) in [4.78, 5) is 21.3. The molecule has 2 N–H and O–H groups in total. The molecule has 1 fully saturated rings. The number of fused-ring (bicyclic) bond motifs is 1. The Morgan fingerprint density at radius 3 is 2.68 bits per heavy atom. The summed E-state index contributed by atoms with van der Waals surface area (Å²) in [7, 11) is -2.46. The van der Waals surface area contributed by atoms with E-state index in [1.165, 1.54) is 19.4 Å². The van der Waals surface area contributed by atoms with Crippen molar-refractivity contribution in [3.63, 3.8) is 0 Å². The third kappa shape index (κ3) is 3.38. The number of hydrogen-bond acceptors (Lipinski definition) is 7. The molecule has 1 aliphatic rings. The van der Waals surface area contributed by atoms with E-state index in [9.17, 15) is 13.2 Å². The summed E-state index contributed by atoms with van der Waals surface area (Å²) in [6, 6.07) is 9.86. The van der Waals surface area contributed by atoms with Crippen molar-refractivity contribution >= 4 is 26.6 Å². The van der Waals surface area contributed by atoms with Gasteiger partial charge in [0.25, 0.3) is 0 Å². The Kier molecular flexibility index (Phi) is 5.09. The molecule has 9 heteroatoms. The number of primary amides is 1. The van der Waals surface area contributed by atoms with Crippen LogP contribution in [-0.4, -0.2) is 42.8 Å². The van der Waals surface area contributed by atoms with E-state index in [-0.39, 0.29) is 23.3 Å². The maximum Gasteiger partial charge on any atom is 0.229 e. The van der Waals surface area contributed by atoms with Crippen LogP contribution in [0.5, 0.6) is 11.6 Å². The number of nitrogens with zero attached hydrogens (tertiary/aromatic N) is 2. The Balaban J connectivity index is 1.87. The van der Waals surface area contributed by atoms with E-state index in [1.54, 1.807) is 36.5 Å². The second-order valence-electron chi connectivity index (χ2n) is 7.79. The molecule has 2 unspecified atom stereocenters. The summed E-state index contributed by atoms with van der Waals surface area (Å²) < 4.78 is 38.4. The molecule has 2 heterocycles. The molecule has 0 radical (unpaired) electrons. The average Bonchev–Trinajstić information content (AvgIpc) is 3.51. The standard InChI is InChI=1S/C22H23N3O5S/c1-13(2)30-20-16(10-14(29-3)12-25-20)22(21(23)26)11-19(22)31(27,28)18-8-4-7-17-15(18)6-5-9-24-17/h4-10,12-13,19H,11H2,1-3H3,(H2,23,26). The summed E-state index contributed by atoms with van der Waals surface area (Å²) in [5.41, 5.74) is 5.21. The summed E-state index contributed by atoms with van der Waals surface area (Å²) in [5.74, 6) is -0.195. The number of sulfone groups is 1. The molecule has 0 saturated heterocycles. The molecule has 2 aromatic heterocycles. The molecule has 2 atom stereocenters. The lowest BCUT2D eigenvalue weighted by atomic mass is 9.96. The van der Waals surface area contributed by atoms with Crippen LogP contribution in [0.25, 0.3) is 10.9 Å². The van der Waals surface area contributed by atoms with E-state index in [2.05, 4.69) is 9.97 Å². The number of nitrogens with two attached hydrogens (primary N) is 1. The van der Waals surface area contributed by atoms with Crippen LogP contribution in [0.1, 0.15) is 25.8 Å². The van der Waals surface area contributed by atoms with Crippen LogP contribution >= 0.6 is 0 Å². The first-order valence-corrected chi connectivity index (χ1v) is 11.3. The van der Waals surface area contributed by atoms with E-state index in [4.69, 9.17) is 15.2 Å². The first-order chi connectivity index (χ1) is 14.7.